The fourth-order valence-electron chi connectivity index (χ4n) is 4.47. The van der Waals surface area contributed by atoms with Gasteiger partial charge in [-0.1, -0.05) is 49.1 Å². The number of amides is 1. The number of hydrogen-bond donors (Lipinski definition) is 0. The van der Waals surface area contributed by atoms with Gasteiger partial charge in [-0.05, 0) is 19.8 Å². The van der Waals surface area contributed by atoms with Crippen molar-refractivity contribution >= 4 is 27.5 Å². The normalized spacial score (nSPS) is 18.9. The van der Waals surface area contributed by atoms with E-state index in [1.807, 2.05) is 17.5 Å². The summed E-state index contributed by atoms with van der Waals surface area (Å²) in [7, 11) is -1.78. The van der Waals surface area contributed by atoms with E-state index in [0.29, 0.717) is 26.2 Å². The molecule has 1 aliphatic heterocycles. The van der Waals surface area contributed by atoms with Gasteiger partial charge in [0.05, 0.1) is 12.1 Å². The third-order valence-corrected chi connectivity index (χ3v) is 9.54. The maximum Gasteiger partial charge on any atom is 0.282 e. The van der Waals surface area contributed by atoms with E-state index in [1.165, 1.54) is 16.3 Å². The van der Waals surface area contributed by atoms with Gasteiger partial charge in [-0.15, -0.1) is 11.3 Å². The van der Waals surface area contributed by atoms with E-state index in [2.05, 4.69) is 24.0 Å². The number of benzene rings is 1. The molecule has 1 aliphatic carbocycles. The van der Waals surface area contributed by atoms with Crippen LogP contribution in [0.4, 0.5) is 0 Å². The molecule has 7 nitrogen and oxygen atoms in total. The van der Waals surface area contributed by atoms with Gasteiger partial charge < -0.3 is 4.90 Å². The van der Waals surface area contributed by atoms with Crippen molar-refractivity contribution < 1.29 is 13.2 Å². The molecule has 0 spiro atoms. The summed E-state index contributed by atoms with van der Waals surface area (Å²) in [5.74, 6) is 0.00318. The highest BCUT2D eigenvalue weighted by atomic mass is 32.2. The largest absolute Gasteiger partial charge is 0.340 e. The summed E-state index contributed by atoms with van der Waals surface area (Å²) in [5, 5.41) is 2.85. The van der Waals surface area contributed by atoms with Gasteiger partial charge in [-0.2, -0.15) is 17.0 Å². The Kier molecular flexibility index (Phi) is 7.29. The van der Waals surface area contributed by atoms with Crippen LogP contribution in [0.2, 0.25) is 0 Å². The van der Waals surface area contributed by atoms with Gasteiger partial charge in [0.1, 0.15) is 5.01 Å². The minimum atomic E-state index is -3.48. The second-order valence-electron chi connectivity index (χ2n) is 8.78. The Morgan fingerprint density at radius 3 is 2.41 bits per heavy atom. The molecule has 2 fully saturated rings. The highest BCUT2D eigenvalue weighted by molar-refractivity contribution is 7.86. The van der Waals surface area contributed by atoms with Crippen molar-refractivity contribution in [1.82, 2.24) is 18.5 Å². The molecule has 1 aromatic heterocycles. The molecule has 2 aliphatic rings. The number of carbonyl (C=O) groups is 1. The van der Waals surface area contributed by atoms with Crippen molar-refractivity contribution in [1.29, 1.82) is 0 Å². The van der Waals surface area contributed by atoms with Crippen molar-refractivity contribution in [2.24, 2.45) is 0 Å². The fourth-order valence-corrected chi connectivity index (χ4v) is 6.87. The molecule has 32 heavy (non-hydrogen) atoms. The molecule has 0 bridgehead atoms. The van der Waals surface area contributed by atoms with Crippen molar-refractivity contribution in [3.63, 3.8) is 0 Å². The Labute approximate surface area is 195 Å². The molecular weight excluding hydrogens is 444 g/mol. The first kappa shape index (κ1) is 23.4. The zero-order valence-corrected chi connectivity index (χ0v) is 20.5. The molecule has 1 aromatic carbocycles. The van der Waals surface area contributed by atoms with Crippen LogP contribution in [-0.4, -0.2) is 72.1 Å². The Morgan fingerprint density at radius 2 is 1.75 bits per heavy atom. The van der Waals surface area contributed by atoms with Crippen LogP contribution in [0.5, 0.6) is 0 Å². The van der Waals surface area contributed by atoms with Gasteiger partial charge in [0, 0.05) is 50.2 Å². The Hall–Kier alpha value is -1.81. The average molecular weight is 477 g/mol. The lowest BCUT2D eigenvalue weighted by Gasteiger charge is -2.38. The number of nitrogens with zero attached hydrogens (tertiary/aromatic N) is 4. The summed E-state index contributed by atoms with van der Waals surface area (Å²) in [4.78, 5) is 19.2. The van der Waals surface area contributed by atoms with Gasteiger partial charge in [0.25, 0.3) is 10.2 Å². The van der Waals surface area contributed by atoms with Crippen molar-refractivity contribution in [3.8, 4) is 10.6 Å². The zero-order chi connectivity index (χ0) is 22.7. The molecule has 0 N–H and O–H groups in total. The summed E-state index contributed by atoms with van der Waals surface area (Å²) in [6.45, 7) is 3.58. The van der Waals surface area contributed by atoms with E-state index >= 15 is 0 Å². The molecule has 2 heterocycles. The van der Waals surface area contributed by atoms with Gasteiger partial charge in [0.2, 0.25) is 5.91 Å². The predicted molar refractivity (Wildman–Crippen MR) is 128 cm³/mol. The third kappa shape index (κ3) is 5.22. The van der Waals surface area contributed by atoms with Crippen LogP contribution in [0.25, 0.3) is 10.6 Å². The summed E-state index contributed by atoms with van der Waals surface area (Å²) in [6, 6.07) is 8.30. The molecule has 1 saturated carbocycles. The van der Waals surface area contributed by atoms with Crippen LogP contribution in [0.3, 0.4) is 0 Å². The van der Waals surface area contributed by atoms with Crippen molar-refractivity contribution in [2.45, 2.75) is 51.5 Å². The predicted octanol–water partition coefficient (Wildman–Crippen LogP) is 3.31. The van der Waals surface area contributed by atoms with Crippen molar-refractivity contribution in [2.75, 3.05) is 33.2 Å². The summed E-state index contributed by atoms with van der Waals surface area (Å²) in [6.07, 6.45) is 5.50. The second-order valence-corrected chi connectivity index (χ2v) is 11.6. The van der Waals surface area contributed by atoms with E-state index in [4.69, 9.17) is 0 Å². The topological polar surface area (TPSA) is 73.8 Å². The maximum atomic E-state index is 13.1. The van der Waals surface area contributed by atoms with Crippen molar-refractivity contribution in [3.05, 3.63) is 40.9 Å². The van der Waals surface area contributed by atoms with Gasteiger partial charge >= 0.3 is 0 Å². The highest BCUT2D eigenvalue weighted by Crippen LogP contribution is 2.26. The van der Waals surface area contributed by atoms with Crippen LogP contribution in [-0.2, 0) is 21.4 Å². The zero-order valence-electron chi connectivity index (χ0n) is 18.9. The van der Waals surface area contributed by atoms with Crippen LogP contribution < -0.4 is 0 Å². The number of thiazole rings is 1. The Morgan fingerprint density at radius 1 is 1.09 bits per heavy atom. The first-order valence-corrected chi connectivity index (χ1v) is 13.6. The molecule has 174 valence electrons. The molecule has 0 radical (unpaired) electrons. The van der Waals surface area contributed by atoms with Gasteiger partial charge in [0.15, 0.2) is 0 Å². The minimum Gasteiger partial charge on any atom is -0.340 e. The number of rotatable bonds is 6. The first-order valence-electron chi connectivity index (χ1n) is 11.4. The van der Waals surface area contributed by atoms with E-state index in [-0.39, 0.29) is 18.4 Å². The molecule has 9 heteroatoms. The van der Waals surface area contributed by atoms with E-state index in [1.54, 1.807) is 27.6 Å². The smallest absolute Gasteiger partial charge is 0.282 e. The van der Waals surface area contributed by atoms with E-state index in [0.717, 1.165) is 41.9 Å². The SMILES string of the molecule is Cc1ccc(-c2nc(CC(=O)N3CCN(S(=O)(=O)N(C)C4CCCCC4)CC3)cs2)cc1. The Balaban J connectivity index is 1.31. The quantitative estimate of drug-likeness (QED) is 0.641. The standard InChI is InChI=1S/C23H32N4O3S2/c1-18-8-10-19(11-9-18)23-24-20(17-31-23)16-22(28)26-12-14-27(15-13-26)32(29,30)25(2)21-6-4-3-5-7-21/h8-11,17,21H,3-7,12-16H2,1-2H3. The average Bonchev–Trinajstić information content (AvgIpc) is 3.28. The number of aromatic nitrogens is 1. The van der Waals surface area contributed by atoms with Crippen LogP contribution in [0, 0.1) is 6.92 Å². The Bertz CT molecular complexity index is 1020. The summed E-state index contributed by atoms with van der Waals surface area (Å²) < 4.78 is 29.2. The van der Waals surface area contributed by atoms with Crippen LogP contribution in [0.1, 0.15) is 43.4 Å². The number of aryl methyl sites for hydroxylation is 1. The lowest BCUT2D eigenvalue weighted by atomic mass is 9.96. The van der Waals surface area contributed by atoms with E-state index < -0.39 is 10.2 Å². The molecule has 1 saturated heterocycles. The monoisotopic (exact) mass is 476 g/mol. The maximum absolute atomic E-state index is 13.1. The molecule has 4 rings (SSSR count). The number of hydrogen-bond acceptors (Lipinski definition) is 5. The molecule has 0 atom stereocenters. The molecule has 2 aromatic rings. The number of carbonyl (C=O) groups excluding carboxylic acids is 1. The lowest BCUT2D eigenvalue weighted by molar-refractivity contribution is -0.131. The number of piperazine rings is 1. The first-order chi connectivity index (χ1) is 15.3. The van der Waals surface area contributed by atoms with Crippen LogP contribution in [0.15, 0.2) is 29.6 Å². The van der Waals surface area contributed by atoms with E-state index in [9.17, 15) is 13.2 Å². The van der Waals surface area contributed by atoms with Gasteiger partial charge in [-0.3, -0.25) is 4.79 Å². The minimum absolute atomic E-state index is 0.00318. The highest BCUT2D eigenvalue weighted by Gasteiger charge is 2.35. The lowest BCUT2D eigenvalue weighted by Crippen LogP contribution is -2.55. The fraction of sp³-hybridized carbons (Fsp3) is 0.565. The second kappa shape index (κ2) is 9.99. The summed E-state index contributed by atoms with van der Waals surface area (Å²) in [5.41, 5.74) is 3.02. The molecular formula is C23H32N4O3S2. The third-order valence-electron chi connectivity index (χ3n) is 6.55. The molecule has 1 amide bonds. The van der Waals surface area contributed by atoms with Gasteiger partial charge in [-0.25, -0.2) is 4.98 Å². The summed E-state index contributed by atoms with van der Waals surface area (Å²) >= 11 is 1.54. The van der Waals surface area contributed by atoms with Crippen LogP contribution >= 0.6 is 11.3 Å². The molecule has 0 unspecified atom stereocenters.